The van der Waals surface area contributed by atoms with Gasteiger partial charge >= 0.3 is 102 Å². The first-order valence-electron chi connectivity index (χ1n) is 5.32. The molecule has 0 radical (unpaired) electrons. The molecule has 86 valence electrons. The summed E-state index contributed by atoms with van der Waals surface area (Å²) in [7, 11) is 0. The van der Waals surface area contributed by atoms with E-state index < -0.39 is 0 Å². The third-order valence-corrected chi connectivity index (χ3v) is 9.67. The summed E-state index contributed by atoms with van der Waals surface area (Å²) in [5, 5.41) is 5.31. The van der Waals surface area contributed by atoms with E-state index >= 15 is 0 Å². The Kier molecular flexibility index (Phi) is 7.37. The van der Waals surface area contributed by atoms with E-state index in [0.29, 0.717) is 31.8 Å². The summed E-state index contributed by atoms with van der Waals surface area (Å²) in [6.45, 7) is 0.842. The van der Waals surface area contributed by atoms with Crippen molar-refractivity contribution in [3.05, 3.63) is 0 Å². The summed E-state index contributed by atoms with van der Waals surface area (Å²) < 4.78 is 0. The van der Waals surface area contributed by atoms with Gasteiger partial charge in [-0.05, 0) is 0 Å². The number of carbonyl (C=O) groups excluding carboxylic acids is 2. The third kappa shape index (κ3) is 7.13. The first-order chi connectivity index (χ1) is 7.29. The Balaban J connectivity index is 2.27. The van der Waals surface area contributed by atoms with Gasteiger partial charge in [0, 0.05) is 0 Å². The van der Waals surface area contributed by atoms with Crippen molar-refractivity contribution in [3.63, 3.8) is 0 Å². The minimum atomic E-state index is 0.116. The van der Waals surface area contributed by atoms with Crippen LogP contribution in [0, 0.1) is 0 Å². The predicted molar refractivity (Wildman–Crippen MR) is 62.2 cm³/mol. The van der Waals surface area contributed by atoms with Crippen LogP contribution in [-0.2, 0) is 9.59 Å². The predicted octanol–water partition coefficient (Wildman–Crippen LogP) is 0.796. The first kappa shape index (κ1) is 13.2. The third-order valence-electron chi connectivity index (χ3n) is 2.13. The summed E-state index contributed by atoms with van der Waals surface area (Å²) >= 11 is 1.43. The van der Waals surface area contributed by atoms with Gasteiger partial charge in [-0.15, -0.1) is 0 Å². The van der Waals surface area contributed by atoms with Crippen LogP contribution in [0.1, 0.15) is 32.1 Å². The zero-order valence-electron chi connectivity index (χ0n) is 8.79. The number of ketones is 1. The molecule has 1 fully saturated rings. The SMILES string of the molecule is O=C1CCC[Se][Se]CCNC(=O)CCC1. The summed E-state index contributed by atoms with van der Waals surface area (Å²) in [6, 6.07) is 0. The Bertz CT molecular complexity index is 199. The van der Waals surface area contributed by atoms with Gasteiger partial charge in [-0.3, -0.25) is 0 Å². The molecule has 0 bridgehead atoms. The summed E-state index contributed by atoms with van der Waals surface area (Å²) in [5.41, 5.74) is 0. The van der Waals surface area contributed by atoms with Gasteiger partial charge in [0.1, 0.15) is 0 Å². The summed E-state index contributed by atoms with van der Waals surface area (Å²) in [5.74, 6) is 0.454. The topological polar surface area (TPSA) is 46.2 Å². The van der Waals surface area contributed by atoms with Crippen molar-refractivity contribution in [1.82, 2.24) is 5.32 Å². The normalized spacial score (nSPS) is 22.1. The molecule has 0 spiro atoms. The van der Waals surface area contributed by atoms with Gasteiger partial charge in [-0.25, -0.2) is 0 Å². The van der Waals surface area contributed by atoms with Gasteiger partial charge in [0.15, 0.2) is 0 Å². The van der Waals surface area contributed by atoms with Crippen LogP contribution in [-0.4, -0.2) is 44.5 Å². The van der Waals surface area contributed by atoms with E-state index in [1.165, 1.54) is 5.32 Å². The van der Waals surface area contributed by atoms with Crippen molar-refractivity contribution in [2.24, 2.45) is 0 Å². The average molecular weight is 341 g/mol. The van der Waals surface area contributed by atoms with Gasteiger partial charge < -0.3 is 0 Å². The standard InChI is InChI=1S/C10H17NO2Se2/c12-9-3-1-5-10(13)11-6-8-15-14-7-2-4-9/h1-8H2,(H,11,13). The molecule has 5 heteroatoms. The van der Waals surface area contributed by atoms with Gasteiger partial charge in [0.2, 0.25) is 0 Å². The maximum absolute atomic E-state index is 11.4. The van der Waals surface area contributed by atoms with Crippen LogP contribution >= 0.6 is 0 Å². The Labute approximate surface area is 102 Å². The second kappa shape index (κ2) is 8.34. The van der Waals surface area contributed by atoms with E-state index in [2.05, 4.69) is 5.32 Å². The molecule has 0 aliphatic carbocycles. The number of rotatable bonds is 0. The van der Waals surface area contributed by atoms with Crippen LogP contribution in [0.25, 0.3) is 0 Å². The van der Waals surface area contributed by atoms with Gasteiger partial charge in [0.25, 0.3) is 0 Å². The van der Waals surface area contributed by atoms with Gasteiger partial charge in [0.05, 0.1) is 0 Å². The number of nitrogens with one attached hydrogen (secondary N) is 1. The van der Waals surface area contributed by atoms with Crippen molar-refractivity contribution in [2.45, 2.75) is 42.7 Å². The molecule has 1 rings (SSSR count). The van der Waals surface area contributed by atoms with Crippen molar-refractivity contribution < 1.29 is 9.59 Å². The minimum absolute atomic E-state index is 0.116. The van der Waals surface area contributed by atoms with E-state index in [4.69, 9.17) is 0 Å². The fourth-order valence-electron chi connectivity index (χ4n) is 1.34. The van der Waals surface area contributed by atoms with E-state index in [1.54, 1.807) is 0 Å². The van der Waals surface area contributed by atoms with Gasteiger partial charge in [-0.2, -0.15) is 0 Å². The summed E-state index contributed by atoms with van der Waals surface area (Å²) in [4.78, 5) is 22.7. The molecule has 0 aromatic heterocycles. The van der Waals surface area contributed by atoms with E-state index in [-0.39, 0.29) is 5.91 Å². The fraction of sp³-hybridized carbons (Fsp3) is 0.800. The van der Waals surface area contributed by atoms with Crippen LogP contribution in [0.3, 0.4) is 0 Å². The van der Waals surface area contributed by atoms with Crippen LogP contribution in [0.5, 0.6) is 0 Å². The monoisotopic (exact) mass is 343 g/mol. The quantitative estimate of drug-likeness (QED) is 0.663. The van der Waals surface area contributed by atoms with Crippen LogP contribution in [0.4, 0.5) is 0 Å². The molecule has 0 saturated carbocycles. The Morgan fingerprint density at radius 1 is 0.933 bits per heavy atom. The molecular formula is C10H17NO2Se2. The molecule has 1 saturated heterocycles. The molecule has 0 unspecified atom stereocenters. The Morgan fingerprint density at radius 3 is 2.53 bits per heavy atom. The Morgan fingerprint density at radius 2 is 1.67 bits per heavy atom. The summed E-state index contributed by atoms with van der Waals surface area (Å²) in [6.07, 6.45) is 3.64. The molecule has 0 aromatic rings. The molecule has 1 aliphatic rings. The van der Waals surface area contributed by atoms with Crippen molar-refractivity contribution in [3.8, 4) is 0 Å². The van der Waals surface area contributed by atoms with Crippen molar-refractivity contribution >= 4 is 38.0 Å². The second-order valence-corrected chi connectivity index (χ2v) is 11.3. The maximum atomic E-state index is 11.4. The van der Waals surface area contributed by atoms with E-state index in [1.807, 2.05) is 0 Å². The molecule has 1 N–H and O–H groups in total. The number of hydrogen-bond acceptors (Lipinski definition) is 2. The molecule has 15 heavy (non-hydrogen) atoms. The average Bonchev–Trinajstić information content (AvgIpc) is 2.22. The zero-order chi connectivity index (χ0) is 10.9. The van der Waals surface area contributed by atoms with Crippen LogP contribution in [0.2, 0.25) is 10.6 Å². The molecule has 1 amide bonds. The van der Waals surface area contributed by atoms with Crippen LogP contribution < -0.4 is 5.32 Å². The number of hydrogen-bond donors (Lipinski definition) is 1. The zero-order valence-corrected chi connectivity index (χ0v) is 12.2. The molecule has 0 atom stereocenters. The first-order valence-corrected chi connectivity index (χ1v) is 12.1. The molecule has 1 aliphatic heterocycles. The second-order valence-electron chi connectivity index (χ2n) is 3.49. The fourth-order valence-corrected chi connectivity index (χ4v) is 7.53. The van der Waals surface area contributed by atoms with E-state index in [0.717, 1.165) is 44.3 Å². The molecule has 3 nitrogen and oxygen atoms in total. The van der Waals surface area contributed by atoms with Crippen LogP contribution in [0.15, 0.2) is 0 Å². The van der Waals surface area contributed by atoms with Gasteiger partial charge in [-0.1, -0.05) is 0 Å². The van der Waals surface area contributed by atoms with Crippen molar-refractivity contribution in [1.29, 1.82) is 0 Å². The van der Waals surface area contributed by atoms with E-state index in [9.17, 15) is 9.59 Å². The number of carbonyl (C=O) groups is 2. The molecular weight excluding hydrogens is 324 g/mol. The Hall–Kier alpha value is 0.179. The number of Topliss-reactive ketones (excluding diaryl/α,β-unsaturated/α-hetero) is 1. The van der Waals surface area contributed by atoms with Crippen molar-refractivity contribution in [2.75, 3.05) is 6.54 Å². The number of amides is 1. The molecule has 0 aromatic carbocycles. The molecule has 1 heterocycles.